The number of anilines is 2. The van der Waals surface area contributed by atoms with Crippen molar-refractivity contribution in [3.8, 4) is 22.8 Å². The number of fused-ring (bicyclic) bond motifs is 3. The van der Waals surface area contributed by atoms with Crippen LogP contribution in [0.4, 0.5) is 15.8 Å². The average Bonchev–Trinajstić information content (AvgIpc) is 3.28. The zero-order valence-electron chi connectivity index (χ0n) is 20.9. The molecule has 1 aromatic carbocycles. The number of pyridine rings is 1. The van der Waals surface area contributed by atoms with E-state index in [2.05, 4.69) is 25.9 Å². The summed E-state index contributed by atoms with van der Waals surface area (Å²) in [5, 5.41) is 8.79. The van der Waals surface area contributed by atoms with Crippen molar-refractivity contribution in [2.24, 2.45) is 0 Å². The summed E-state index contributed by atoms with van der Waals surface area (Å²) < 4.78 is 25.7. The minimum Gasteiger partial charge on any atom is -0.492 e. The van der Waals surface area contributed by atoms with Crippen LogP contribution < -0.4 is 25.4 Å². The molecule has 0 saturated heterocycles. The molecule has 2 aromatic heterocycles. The lowest BCUT2D eigenvalue weighted by Crippen LogP contribution is -2.41. The van der Waals surface area contributed by atoms with Crippen LogP contribution in [-0.2, 0) is 9.59 Å². The summed E-state index contributed by atoms with van der Waals surface area (Å²) in [5.74, 6) is -1.48. The van der Waals surface area contributed by atoms with Crippen molar-refractivity contribution in [1.29, 1.82) is 0 Å². The Labute approximate surface area is 217 Å². The molecule has 38 heavy (non-hydrogen) atoms. The van der Waals surface area contributed by atoms with Crippen molar-refractivity contribution >= 4 is 29.1 Å². The SMILES string of the molecule is COc1c(F)cccc1Nc1c2[nH]c3c1C(=O)NCC3CC(=O)N(C)CC(=O)NCCOc1cnccc1-2. The number of nitrogens with one attached hydrogen (secondary N) is 4. The summed E-state index contributed by atoms with van der Waals surface area (Å²) in [5.41, 5.74) is 2.62. The highest BCUT2D eigenvalue weighted by Crippen LogP contribution is 2.44. The maximum absolute atomic E-state index is 14.5. The highest BCUT2D eigenvalue weighted by atomic mass is 19.1. The van der Waals surface area contributed by atoms with Gasteiger partial charge < -0.3 is 35.3 Å². The van der Waals surface area contributed by atoms with Crippen LogP contribution in [0.5, 0.6) is 11.5 Å². The first-order chi connectivity index (χ1) is 18.4. The van der Waals surface area contributed by atoms with Crippen LogP contribution in [0.15, 0.2) is 36.7 Å². The molecule has 12 heteroatoms. The van der Waals surface area contributed by atoms with Gasteiger partial charge in [0.25, 0.3) is 5.91 Å². The van der Waals surface area contributed by atoms with Gasteiger partial charge in [0, 0.05) is 43.4 Å². The van der Waals surface area contributed by atoms with Crippen LogP contribution in [0.3, 0.4) is 0 Å². The van der Waals surface area contributed by atoms with Crippen LogP contribution in [0.25, 0.3) is 11.3 Å². The number of likely N-dealkylation sites (N-methyl/N-ethyl adjacent to an activating group) is 1. The van der Waals surface area contributed by atoms with Crippen LogP contribution in [-0.4, -0.2) is 73.0 Å². The van der Waals surface area contributed by atoms with E-state index in [1.807, 2.05) is 0 Å². The van der Waals surface area contributed by atoms with E-state index < -0.39 is 11.7 Å². The fourth-order valence-corrected chi connectivity index (χ4v) is 4.70. The van der Waals surface area contributed by atoms with Crippen molar-refractivity contribution in [3.63, 3.8) is 0 Å². The van der Waals surface area contributed by atoms with E-state index >= 15 is 0 Å². The van der Waals surface area contributed by atoms with E-state index in [9.17, 15) is 18.8 Å². The van der Waals surface area contributed by atoms with E-state index in [1.165, 1.54) is 30.3 Å². The van der Waals surface area contributed by atoms with Gasteiger partial charge in [-0.05, 0) is 18.2 Å². The lowest BCUT2D eigenvalue weighted by Gasteiger charge is -2.25. The van der Waals surface area contributed by atoms with Gasteiger partial charge >= 0.3 is 0 Å². The Balaban J connectivity index is 1.69. The van der Waals surface area contributed by atoms with Gasteiger partial charge in [-0.3, -0.25) is 19.4 Å². The molecule has 2 aliphatic heterocycles. The summed E-state index contributed by atoms with van der Waals surface area (Å²) in [6.07, 6.45) is 3.18. The minimum atomic E-state index is -0.566. The number of rotatable bonds is 3. The van der Waals surface area contributed by atoms with Gasteiger partial charge in [0.1, 0.15) is 12.4 Å². The third-order valence-corrected chi connectivity index (χ3v) is 6.57. The molecule has 1 unspecified atom stereocenters. The van der Waals surface area contributed by atoms with E-state index in [-0.39, 0.29) is 56.1 Å². The van der Waals surface area contributed by atoms with Crippen molar-refractivity contribution in [1.82, 2.24) is 25.5 Å². The molecule has 4 heterocycles. The van der Waals surface area contributed by atoms with Gasteiger partial charge in [-0.15, -0.1) is 0 Å². The molecule has 0 saturated carbocycles. The highest BCUT2D eigenvalue weighted by Gasteiger charge is 2.35. The Hall–Kier alpha value is -4.61. The molecule has 3 aromatic rings. The number of ether oxygens (including phenoxy) is 2. The maximum atomic E-state index is 14.5. The summed E-state index contributed by atoms with van der Waals surface area (Å²) in [7, 11) is 2.92. The quantitative estimate of drug-likeness (QED) is 0.414. The van der Waals surface area contributed by atoms with Crippen molar-refractivity contribution < 1.29 is 28.2 Å². The first-order valence-electron chi connectivity index (χ1n) is 12.1. The molecular weight excluding hydrogens is 495 g/mol. The number of methoxy groups -OCH3 is 1. The molecule has 3 amide bonds. The van der Waals surface area contributed by atoms with Crippen molar-refractivity contribution in [2.75, 3.05) is 45.7 Å². The van der Waals surface area contributed by atoms with Gasteiger partial charge in [0.2, 0.25) is 11.8 Å². The molecule has 0 spiro atoms. The second kappa shape index (κ2) is 10.4. The van der Waals surface area contributed by atoms with E-state index in [0.717, 1.165) is 0 Å². The first-order valence-corrected chi connectivity index (χ1v) is 12.1. The standard InChI is InChI=1S/C26H27FN6O5/c1-33-13-19(34)29-8-9-38-18-12-28-7-6-15(18)23-24(31-17-5-3-4-16(27)25(17)37-2)21-22(32-23)14(10-20(33)35)11-30-26(21)36/h3-7,12,14,31-32H,8-11,13H2,1-2H3,(H,29,34)(H,30,36). The van der Waals surface area contributed by atoms with Crippen LogP contribution in [0, 0.1) is 5.82 Å². The van der Waals surface area contributed by atoms with Crippen LogP contribution >= 0.6 is 0 Å². The zero-order chi connectivity index (χ0) is 26.8. The lowest BCUT2D eigenvalue weighted by atomic mass is 9.93. The van der Waals surface area contributed by atoms with Crippen LogP contribution in [0.1, 0.15) is 28.4 Å². The van der Waals surface area contributed by atoms with E-state index in [1.54, 1.807) is 25.4 Å². The molecule has 2 bridgehead atoms. The highest BCUT2D eigenvalue weighted by molar-refractivity contribution is 6.07. The molecule has 198 valence electrons. The number of benzene rings is 1. The number of aromatic nitrogens is 2. The number of carbonyl (C=O) groups is 3. The fourth-order valence-electron chi connectivity index (χ4n) is 4.70. The van der Waals surface area contributed by atoms with Gasteiger partial charge in [-0.2, -0.15) is 0 Å². The number of H-pyrrole nitrogens is 1. The summed E-state index contributed by atoms with van der Waals surface area (Å²) in [6, 6.07) is 6.17. The number of nitrogens with zero attached hydrogens (tertiary/aromatic N) is 2. The third-order valence-electron chi connectivity index (χ3n) is 6.57. The minimum absolute atomic E-state index is 0.0120. The number of para-hydroxylation sites is 1. The molecule has 4 N–H and O–H groups in total. The number of hydrogen-bond acceptors (Lipinski definition) is 7. The Kier molecular flexibility index (Phi) is 6.86. The summed E-state index contributed by atoms with van der Waals surface area (Å²) in [4.78, 5) is 47.4. The smallest absolute Gasteiger partial charge is 0.255 e. The predicted molar refractivity (Wildman–Crippen MR) is 136 cm³/mol. The van der Waals surface area contributed by atoms with Gasteiger partial charge in [-0.1, -0.05) is 6.07 Å². The fraction of sp³-hybridized carbons (Fsp3) is 0.308. The van der Waals surface area contributed by atoms with Crippen molar-refractivity contribution in [2.45, 2.75) is 12.3 Å². The first kappa shape index (κ1) is 25.1. The van der Waals surface area contributed by atoms with E-state index in [0.29, 0.717) is 39.6 Å². The zero-order valence-corrected chi connectivity index (χ0v) is 20.9. The molecule has 2 aliphatic rings. The second-order valence-corrected chi connectivity index (χ2v) is 9.04. The predicted octanol–water partition coefficient (Wildman–Crippen LogP) is 2.15. The third kappa shape index (κ3) is 4.72. The number of halogens is 1. The topological polar surface area (TPSA) is 138 Å². The normalized spacial score (nSPS) is 17.8. The van der Waals surface area contributed by atoms with Gasteiger partial charge in [0.15, 0.2) is 11.6 Å². The molecule has 1 atom stereocenters. The molecule has 11 nitrogen and oxygen atoms in total. The number of hydrogen-bond donors (Lipinski definition) is 4. The van der Waals surface area contributed by atoms with Crippen molar-refractivity contribution in [3.05, 3.63) is 53.7 Å². The molecular formula is C26H27FN6O5. The molecule has 5 rings (SSSR count). The maximum Gasteiger partial charge on any atom is 0.255 e. The molecule has 0 radical (unpaired) electrons. The Morgan fingerprint density at radius 2 is 2.05 bits per heavy atom. The monoisotopic (exact) mass is 522 g/mol. The summed E-state index contributed by atoms with van der Waals surface area (Å²) >= 11 is 0. The number of carbonyl (C=O) groups excluding carboxylic acids is 3. The Morgan fingerprint density at radius 1 is 1.21 bits per heavy atom. The second-order valence-electron chi connectivity index (χ2n) is 9.04. The Morgan fingerprint density at radius 3 is 2.87 bits per heavy atom. The van der Waals surface area contributed by atoms with Gasteiger partial charge in [-0.25, -0.2) is 4.39 Å². The van der Waals surface area contributed by atoms with E-state index in [4.69, 9.17) is 9.47 Å². The van der Waals surface area contributed by atoms with Gasteiger partial charge in [0.05, 0.1) is 49.0 Å². The van der Waals surface area contributed by atoms with Crippen LogP contribution in [0.2, 0.25) is 0 Å². The molecule has 0 fully saturated rings. The largest absolute Gasteiger partial charge is 0.492 e. The molecule has 0 aliphatic carbocycles. The number of amides is 3. The average molecular weight is 523 g/mol. The number of aromatic amines is 1. The lowest BCUT2D eigenvalue weighted by molar-refractivity contribution is -0.135. The summed E-state index contributed by atoms with van der Waals surface area (Å²) in [6.45, 7) is 0.476. The Bertz CT molecular complexity index is 1410.